The van der Waals surface area contributed by atoms with Gasteiger partial charge in [-0.1, -0.05) is 54.6 Å². The fourth-order valence-electron chi connectivity index (χ4n) is 4.23. The second-order valence-electron chi connectivity index (χ2n) is 7.36. The van der Waals surface area contributed by atoms with Crippen molar-refractivity contribution in [2.24, 2.45) is 10.7 Å². The smallest absolute Gasteiger partial charge is 0.220 e. The maximum atomic E-state index is 14.4. The van der Waals surface area contributed by atoms with E-state index in [9.17, 15) is 9.65 Å². The molecule has 2 N–H and O–H groups in total. The third-order valence-corrected chi connectivity index (χ3v) is 5.66. The van der Waals surface area contributed by atoms with Crippen LogP contribution in [0.1, 0.15) is 27.8 Å². The van der Waals surface area contributed by atoms with Crippen molar-refractivity contribution in [3.8, 4) is 17.2 Å². The molecule has 5 heteroatoms. The Morgan fingerprint density at radius 1 is 0.839 bits per heavy atom. The molecule has 1 aliphatic rings. The minimum absolute atomic E-state index is 0.419. The van der Waals surface area contributed by atoms with E-state index in [0.29, 0.717) is 22.5 Å². The molecule has 1 aromatic heterocycles. The highest BCUT2D eigenvalue weighted by atomic mass is 19.1. The summed E-state index contributed by atoms with van der Waals surface area (Å²) in [6.45, 7) is 0. The van der Waals surface area contributed by atoms with Crippen molar-refractivity contribution in [3.63, 3.8) is 0 Å². The first-order valence-electron chi connectivity index (χ1n) is 9.81. The lowest BCUT2D eigenvalue weighted by Gasteiger charge is -2.29. The molecule has 5 rings (SSSR count). The van der Waals surface area contributed by atoms with Gasteiger partial charge >= 0.3 is 0 Å². The minimum Gasteiger partial charge on any atom is -0.383 e. The summed E-state index contributed by atoms with van der Waals surface area (Å²) < 4.78 is 14.4. The van der Waals surface area contributed by atoms with E-state index in [2.05, 4.69) is 11.1 Å². The monoisotopic (exact) mass is 404 g/mol. The summed E-state index contributed by atoms with van der Waals surface area (Å²) in [7, 11) is 0. The third kappa shape index (κ3) is 2.89. The number of nitriles is 1. The SMILES string of the molecule is N#Cc1ccc(C2(c3cccc(-c4cccnc4F)c3)N=C(N)c3ccccc32)cc1. The van der Waals surface area contributed by atoms with Gasteiger partial charge < -0.3 is 5.73 Å². The van der Waals surface area contributed by atoms with E-state index in [1.807, 2.05) is 60.7 Å². The maximum Gasteiger partial charge on any atom is 0.220 e. The molecule has 2 heterocycles. The lowest BCUT2D eigenvalue weighted by Crippen LogP contribution is -2.25. The van der Waals surface area contributed by atoms with Crippen molar-refractivity contribution >= 4 is 5.84 Å². The van der Waals surface area contributed by atoms with E-state index in [1.165, 1.54) is 6.20 Å². The van der Waals surface area contributed by atoms with Gasteiger partial charge in [-0.05, 0) is 52.6 Å². The number of nitrogens with two attached hydrogens (primary N) is 1. The van der Waals surface area contributed by atoms with Gasteiger partial charge in [0.1, 0.15) is 11.4 Å². The molecule has 4 nitrogen and oxygen atoms in total. The number of aliphatic imine (C=N–C) groups is 1. The van der Waals surface area contributed by atoms with Gasteiger partial charge in [0.15, 0.2) is 0 Å². The predicted octanol–water partition coefficient (Wildman–Crippen LogP) is 4.77. The van der Waals surface area contributed by atoms with Crippen molar-refractivity contribution in [1.82, 2.24) is 4.98 Å². The Bertz CT molecular complexity index is 1370. The number of nitrogens with zero attached hydrogens (tertiary/aromatic N) is 3. The summed E-state index contributed by atoms with van der Waals surface area (Å²) >= 11 is 0. The van der Waals surface area contributed by atoms with Crippen molar-refractivity contribution in [1.29, 1.82) is 5.26 Å². The molecule has 1 unspecified atom stereocenters. The molecule has 0 aliphatic carbocycles. The van der Waals surface area contributed by atoms with Crippen LogP contribution in [-0.2, 0) is 5.54 Å². The zero-order valence-corrected chi connectivity index (χ0v) is 16.5. The largest absolute Gasteiger partial charge is 0.383 e. The van der Waals surface area contributed by atoms with Crippen molar-refractivity contribution in [3.05, 3.63) is 125 Å². The molecule has 148 valence electrons. The Balaban J connectivity index is 1.79. The normalized spacial score (nSPS) is 17.0. The molecule has 0 spiro atoms. The van der Waals surface area contributed by atoms with Crippen LogP contribution in [0.3, 0.4) is 0 Å². The first kappa shape index (κ1) is 18.7. The zero-order chi connectivity index (χ0) is 21.4. The molecule has 4 aromatic rings. The summed E-state index contributed by atoms with van der Waals surface area (Å²) in [5, 5.41) is 9.22. The van der Waals surface area contributed by atoms with Gasteiger partial charge in [0.25, 0.3) is 0 Å². The van der Waals surface area contributed by atoms with Gasteiger partial charge in [0.05, 0.1) is 11.6 Å². The second kappa shape index (κ2) is 7.19. The van der Waals surface area contributed by atoms with Gasteiger partial charge in [-0.3, -0.25) is 0 Å². The topological polar surface area (TPSA) is 75.1 Å². The van der Waals surface area contributed by atoms with Crippen molar-refractivity contribution in [2.45, 2.75) is 5.54 Å². The molecule has 31 heavy (non-hydrogen) atoms. The predicted molar refractivity (Wildman–Crippen MR) is 118 cm³/mol. The van der Waals surface area contributed by atoms with Gasteiger partial charge in [-0.15, -0.1) is 0 Å². The lowest BCUT2D eigenvalue weighted by atomic mass is 9.77. The van der Waals surface area contributed by atoms with Crippen LogP contribution in [-0.4, -0.2) is 10.8 Å². The van der Waals surface area contributed by atoms with Crippen LogP contribution in [0.5, 0.6) is 0 Å². The molecular formula is C26H17FN4. The highest BCUT2D eigenvalue weighted by Crippen LogP contribution is 2.46. The van der Waals surface area contributed by atoms with E-state index < -0.39 is 11.5 Å². The molecular weight excluding hydrogens is 387 g/mol. The zero-order valence-electron chi connectivity index (χ0n) is 16.5. The van der Waals surface area contributed by atoms with Crippen LogP contribution in [0.4, 0.5) is 4.39 Å². The quantitative estimate of drug-likeness (QED) is 0.500. The highest BCUT2D eigenvalue weighted by molar-refractivity contribution is 6.03. The number of aromatic nitrogens is 1. The molecule has 3 aromatic carbocycles. The lowest BCUT2D eigenvalue weighted by molar-refractivity contribution is 0.587. The van der Waals surface area contributed by atoms with Crippen LogP contribution in [0, 0.1) is 17.3 Å². The van der Waals surface area contributed by atoms with Gasteiger partial charge in [0.2, 0.25) is 5.95 Å². The number of hydrogen-bond acceptors (Lipinski definition) is 4. The van der Waals surface area contributed by atoms with Gasteiger partial charge in [-0.25, -0.2) is 9.98 Å². The van der Waals surface area contributed by atoms with Crippen molar-refractivity contribution < 1.29 is 4.39 Å². The number of benzene rings is 3. The Hall–Kier alpha value is -4.30. The standard InChI is InChI=1S/C26H17FN4/c27-24-21(8-4-14-30-24)18-5-3-6-20(15-18)26(19-12-10-17(16-28)11-13-19)23-9-2-1-7-22(23)25(29)31-26/h1-15H,(H2,29,31). The van der Waals surface area contributed by atoms with Gasteiger partial charge in [0, 0.05) is 17.3 Å². The molecule has 0 radical (unpaired) electrons. The fraction of sp³-hybridized carbons (Fsp3) is 0.0385. The number of rotatable bonds is 3. The average molecular weight is 404 g/mol. The Morgan fingerprint density at radius 3 is 2.39 bits per heavy atom. The van der Waals surface area contributed by atoms with E-state index >= 15 is 0 Å². The molecule has 0 bridgehead atoms. The van der Waals surface area contributed by atoms with Gasteiger partial charge in [-0.2, -0.15) is 9.65 Å². The summed E-state index contributed by atoms with van der Waals surface area (Å²) in [5.41, 5.74) is 10.7. The van der Waals surface area contributed by atoms with Crippen LogP contribution in [0.2, 0.25) is 0 Å². The number of fused-ring (bicyclic) bond motifs is 1. The minimum atomic E-state index is -0.899. The molecule has 0 saturated heterocycles. The molecule has 0 fully saturated rings. The van der Waals surface area contributed by atoms with E-state index in [-0.39, 0.29) is 0 Å². The average Bonchev–Trinajstić information content (AvgIpc) is 3.13. The van der Waals surface area contributed by atoms with Crippen LogP contribution in [0.15, 0.2) is 96.1 Å². The highest BCUT2D eigenvalue weighted by Gasteiger charge is 2.42. The first-order chi connectivity index (χ1) is 15.1. The van der Waals surface area contributed by atoms with E-state index in [1.54, 1.807) is 24.3 Å². The Morgan fingerprint density at radius 2 is 1.61 bits per heavy atom. The van der Waals surface area contributed by atoms with Crippen molar-refractivity contribution in [2.75, 3.05) is 0 Å². The second-order valence-corrected chi connectivity index (χ2v) is 7.36. The molecule has 0 amide bonds. The maximum absolute atomic E-state index is 14.4. The van der Waals surface area contributed by atoms with Crippen LogP contribution in [0.25, 0.3) is 11.1 Å². The summed E-state index contributed by atoms with van der Waals surface area (Å²) in [6.07, 6.45) is 1.43. The van der Waals surface area contributed by atoms with E-state index in [4.69, 9.17) is 10.7 Å². The Labute approximate surface area is 179 Å². The van der Waals surface area contributed by atoms with Crippen LogP contribution < -0.4 is 5.73 Å². The number of hydrogen-bond donors (Lipinski definition) is 1. The third-order valence-electron chi connectivity index (χ3n) is 5.66. The fourth-order valence-corrected chi connectivity index (χ4v) is 4.23. The first-order valence-corrected chi connectivity index (χ1v) is 9.81. The molecule has 1 atom stereocenters. The number of halogens is 1. The number of pyridine rings is 1. The molecule has 1 aliphatic heterocycles. The number of amidine groups is 1. The summed E-state index contributed by atoms with van der Waals surface area (Å²) in [6, 6.07) is 28.4. The summed E-state index contributed by atoms with van der Waals surface area (Å²) in [5.74, 6) is -0.0835. The Kier molecular flexibility index (Phi) is 4.34. The molecule has 0 saturated carbocycles. The van der Waals surface area contributed by atoms with E-state index in [0.717, 1.165) is 22.3 Å². The summed E-state index contributed by atoms with van der Waals surface area (Å²) in [4.78, 5) is 8.72. The van der Waals surface area contributed by atoms with Crippen LogP contribution >= 0.6 is 0 Å².